The third-order valence-electron chi connectivity index (χ3n) is 4.77. The fourth-order valence-electron chi connectivity index (χ4n) is 3.26. The van der Waals surface area contributed by atoms with Gasteiger partial charge in [-0.3, -0.25) is 9.78 Å². The van der Waals surface area contributed by atoms with Gasteiger partial charge in [0.15, 0.2) is 5.65 Å². The summed E-state index contributed by atoms with van der Waals surface area (Å²) in [4.78, 5) is 23.9. The zero-order valence-electron chi connectivity index (χ0n) is 17.0. The first-order valence-corrected chi connectivity index (χ1v) is 9.58. The van der Waals surface area contributed by atoms with Gasteiger partial charge in [0, 0.05) is 31.6 Å². The Morgan fingerprint density at radius 1 is 1.14 bits per heavy atom. The highest BCUT2D eigenvalue weighted by Crippen LogP contribution is 2.31. The number of rotatable bonds is 7. The summed E-state index contributed by atoms with van der Waals surface area (Å²) in [6.07, 6.45) is 5.01. The minimum atomic E-state index is -0.0980. The SMILES string of the molecule is COCC(=O)NCCCc1c(-c2ccc(C(C)(C)C)cc2)[nH]c2nccnc12. The number of methoxy groups -OCH3 is 1. The highest BCUT2D eigenvalue weighted by Gasteiger charge is 2.17. The van der Waals surface area contributed by atoms with E-state index >= 15 is 0 Å². The van der Waals surface area contributed by atoms with Crippen LogP contribution >= 0.6 is 0 Å². The topological polar surface area (TPSA) is 79.9 Å². The van der Waals surface area contributed by atoms with Crippen LogP contribution in [0.4, 0.5) is 0 Å². The van der Waals surface area contributed by atoms with Gasteiger partial charge in [-0.2, -0.15) is 0 Å². The molecular formula is C22H28N4O2. The van der Waals surface area contributed by atoms with Gasteiger partial charge in [0.1, 0.15) is 12.1 Å². The first kappa shape index (κ1) is 20.0. The van der Waals surface area contributed by atoms with Crippen LogP contribution in [0.1, 0.15) is 38.3 Å². The number of carbonyl (C=O) groups is 1. The molecule has 6 heteroatoms. The molecule has 0 aliphatic carbocycles. The van der Waals surface area contributed by atoms with Crippen molar-refractivity contribution in [3.63, 3.8) is 0 Å². The average Bonchev–Trinajstić information content (AvgIpc) is 3.03. The third-order valence-corrected chi connectivity index (χ3v) is 4.77. The molecule has 2 N–H and O–H groups in total. The van der Waals surface area contributed by atoms with Crippen molar-refractivity contribution in [2.24, 2.45) is 0 Å². The molecule has 3 aromatic rings. The molecule has 0 unspecified atom stereocenters. The highest BCUT2D eigenvalue weighted by molar-refractivity contribution is 5.85. The van der Waals surface area contributed by atoms with Crippen molar-refractivity contribution < 1.29 is 9.53 Å². The van der Waals surface area contributed by atoms with Gasteiger partial charge in [-0.15, -0.1) is 0 Å². The summed E-state index contributed by atoms with van der Waals surface area (Å²) >= 11 is 0. The summed E-state index contributed by atoms with van der Waals surface area (Å²) in [6.45, 7) is 7.31. The second-order valence-corrected chi connectivity index (χ2v) is 7.95. The van der Waals surface area contributed by atoms with Crippen molar-refractivity contribution in [2.75, 3.05) is 20.3 Å². The Kier molecular flexibility index (Phi) is 6.09. The lowest BCUT2D eigenvalue weighted by molar-refractivity contribution is -0.124. The van der Waals surface area contributed by atoms with Crippen LogP contribution in [0.5, 0.6) is 0 Å². The van der Waals surface area contributed by atoms with E-state index < -0.39 is 0 Å². The molecule has 6 nitrogen and oxygen atoms in total. The summed E-state index contributed by atoms with van der Waals surface area (Å²) in [7, 11) is 1.52. The molecule has 0 radical (unpaired) electrons. The molecule has 0 fully saturated rings. The van der Waals surface area contributed by atoms with Gasteiger partial charge in [0.05, 0.1) is 5.69 Å². The van der Waals surface area contributed by atoms with E-state index in [0.29, 0.717) is 6.54 Å². The number of H-pyrrole nitrogens is 1. The van der Waals surface area contributed by atoms with Crippen LogP contribution in [0.25, 0.3) is 22.4 Å². The fourth-order valence-corrected chi connectivity index (χ4v) is 3.26. The van der Waals surface area contributed by atoms with E-state index in [1.165, 1.54) is 12.7 Å². The van der Waals surface area contributed by atoms with Gasteiger partial charge in [-0.05, 0) is 29.4 Å². The summed E-state index contributed by atoms with van der Waals surface area (Å²) < 4.78 is 4.84. The number of benzene rings is 1. The molecule has 0 bridgehead atoms. The molecule has 0 spiro atoms. The number of aryl methyl sites for hydroxylation is 1. The van der Waals surface area contributed by atoms with E-state index in [4.69, 9.17) is 4.74 Å². The van der Waals surface area contributed by atoms with Crippen molar-refractivity contribution in [2.45, 2.75) is 39.0 Å². The molecule has 1 amide bonds. The predicted octanol–water partition coefficient (Wildman–Crippen LogP) is 3.62. The number of aromatic nitrogens is 3. The van der Waals surface area contributed by atoms with Gasteiger partial charge < -0.3 is 15.0 Å². The van der Waals surface area contributed by atoms with E-state index in [-0.39, 0.29) is 17.9 Å². The number of carbonyl (C=O) groups excluding carboxylic acids is 1. The van der Waals surface area contributed by atoms with Crippen LogP contribution in [-0.2, 0) is 21.4 Å². The number of nitrogens with one attached hydrogen (secondary N) is 2. The Morgan fingerprint density at radius 2 is 1.86 bits per heavy atom. The number of nitrogens with zero attached hydrogens (tertiary/aromatic N) is 2. The van der Waals surface area contributed by atoms with Gasteiger partial charge in [0.25, 0.3) is 0 Å². The standard InChI is InChI=1S/C22H28N4O2/c1-22(2,3)16-9-7-15(8-10-16)19-17(6-5-11-23-18(27)14-28-4)20-21(26-19)25-13-12-24-20/h7-10,12-13H,5-6,11,14H2,1-4H3,(H,23,27)(H,25,26). The highest BCUT2D eigenvalue weighted by atomic mass is 16.5. The largest absolute Gasteiger partial charge is 0.375 e. The molecule has 148 valence electrons. The quantitative estimate of drug-likeness (QED) is 0.614. The molecule has 2 aromatic heterocycles. The first-order chi connectivity index (χ1) is 13.4. The second kappa shape index (κ2) is 8.52. The molecule has 0 saturated carbocycles. The summed E-state index contributed by atoms with van der Waals surface area (Å²) in [5.41, 5.74) is 6.39. The van der Waals surface area contributed by atoms with Crippen molar-refractivity contribution in [3.05, 3.63) is 47.8 Å². The second-order valence-electron chi connectivity index (χ2n) is 7.95. The smallest absolute Gasteiger partial charge is 0.245 e. The van der Waals surface area contributed by atoms with Gasteiger partial charge >= 0.3 is 0 Å². The molecule has 0 aliphatic rings. The molecule has 3 rings (SSSR count). The summed E-state index contributed by atoms with van der Waals surface area (Å²) in [6, 6.07) is 8.65. The summed E-state index contributed by atoms with van der Waals surface area (Å²) in [5.74, 6) is -0.0980. The van der Waals surface area contributed by atoms with Gasteiger partial charge in [-0.1, -0.05) is 45.0 Å². The van der Waals surface area contributed by atoms with Gasteiger partial charge in [0.2, 0.25) is 5.91 Å². The lowest BCUT2D eigenvalue weighted by atomic mass is 9.86. The number of ether oxygens (including phenoxy) is 1. The van der Waals surface area contributed by atoms with E-state index in [9.17, 15) is 4.79 Å². The Balaban J connectivity index is 1.84. The number of fused-ring (bicyclic) bond motifs is 1. The molecule has 0 aliphatic heterocycles. The maximum atomic E-state index is 11.6. The van der Waals surface area contributed by atoms with Crippen molar-refractivity contribution >= 4 is 17.1 Å². The van der Waals surface area contributed by atoms with Crippen LogP contribution in [0.15, 0.2) is 36.7 Å². The van der Waals surface area contributed by atoms with Crippen LogP contribution in [0.2, 0.25) is 0 Å². The number of hydrogen-bond acceptors (Lipinski definition) is 4. The molecule has 0 atom stereocenters. The van der Waals surface area contributed by atoms with Gasteiger partial charge in [-0.25, -0.2) is 4.98 Å². The van der Waals surface area contributed by atoms with Crippen molar-refractivity contribution in [1.82, 2.24) is 20.3 Å². The summed E-state index contributed by atoms with van der Waals surface area (Å²) in [5, 5.41) is 2.87. The van der Waals surface area contributed by atoms with E-state index in [1.54, 1.807) is 12.4 Å². The molecule has 2 heterocycles. The van der Waals surface area contributed by atoms with E-state index in [1.807, 2.05) is 0 Å². The number of hydrogen-bond donors (Lipinski definition) is 2. The number of aromatic amines is 1. The zero-order chi connectivity index (χ0) is 20.1. The fraction of sp³-hybridized carbons (Fsp3) is 0.409. The predicted molar refractivity (Wildman–Crippen MR) is 111 cm³/mol. The number of amides is 1. The van der Waals surface area contributed by atoms with E-state index in [0.717, 1.165) is 40.8 Å². The zero-order valence-corrected chi connectivity index (χ0v) is 17.0. The van der Waals surface area contributed by atoms with Crippen LogP contribution < -0.4 is 5.32 Å². The van der Waals surface area contributed by atoms with Crippen molar-refractivity contribution in [1.29, 1.82) is 0 Å². The molecule has 28 heavy (non-hydrogen) atoms. The Morgan fingerprint density at radius 3 is 2.54 bits per heavy atom. The lowest BCUT2D eigenvalue weighted by Gasteiger charge is -2.19. The molecule has 1 aromatic carbocycles. The maximum Gasteiger partial charge on any atom is 0.245 e. The molecule has 0 saturated heterocycles. The van der Waals surface area contributed by atoms with Crippen LogP contribution in [0.3, 0.4) is 0 Å². The van der Waals surface area contributed by atoms with E-state index in [2.05, 4.69) is 65.3 Å². The average molecular weight is 380 g/mol. The van der Waals surface area contributed by atoms with Crippen LogP contribution in [-0.4, -0.2) is 41.1 Å². The first-order valence-electron chi connectivity index (χ1n) is 9.58. The normalized spacial score (nSPS) is 11.7. The van der Waals surface area contributed by atoms with Crippen LogP contribution in [0, 0.1) is 0 Å². The Labute approximate surface area is 165 Å². The minimum Gasteiger partial charge on any atom is -0.375 e. The lowest BCUT2D eigenvalue weighted by Crippen LogP contribution is -2.28. The monoisotopic (exact) mass is 380 g/mol. The minimum absolute atomic E-state index is 0.0872. The Hall–Kier alpha value is -2.73. The Bertz CT molecular complexity index is 939. The third kappa shape index (κ3) is 4.57. The molecular weight excluding hydrogens is 352 g/mol. The van der Waals surface area contributed by atoms with Crippen molar-refractivity contribution in [3.8, 4) is 11.3 Å². The maximum absolute atomic E-state index is 11.6.